The van der Waals surface area contributed by atoms with E-state index in [2.05, 4.69) is 19.2 Å². The summed E-state index contributed by atoms with van der Waals surface area (Å²) < 4.78 is 0. The summed E-state index contributed by atoms with van der Waals surface area (Å²) in [6.07, 6.45) is -0.257. The molecule has 0 amide bonds. The number of rotatable bonds is 3. The van der Waals surface area contributed by atoms with Gasteiger partial charge in [0.25, 0.3) is 0 Å². The van der Waals surface area contributed by atoms with E-state index in [9.17, 15) is 0 Å². The maximum atomic E-state index is 9.01. The lowest BCUT2D eigenvalue weighted by atomic mass is 10.2. The van der Waals surface area contributed by atoms with Crippen LogP contribution < -0.4 is 5.32 Å². The molecule has 0 spiro atoms. The largest absolute Gasteiger partial charge is 0.392 e. The maximum absolute atomic E-state index is 9.01. The van der Waals surface area contributed by atoms with Gasteiger partial charge in [0.1, 0.15) is 0 Å². The van der Waals surface area contributed by atoms with Crippen molar-refractivity contribution in [3.63, 3.8) is 0 Å². The van der Waals surface area contributed by atoms with Gasteiger partial charge in [-0.15, -0.1) is 0 Å². The number of hydrogen-bond donors (Lipinski definition) is 2. The summed E-state index contributed by atoms with van der Waals surface area (Å²) >= 11 is 0. The quantitative estimate of drug-likeness (QED) is 0.592. The summed E-state index contributed by atoms with van der Waals surface area (Å²) in [4.78, 5) is 0. The predicted octanol–water partition coefficient (Wildman–Crippen LogP) is 0.754. The lowest BCUT2D eigenvalue weighted by molar-refractivity contribution is 0.148. The molecule has 0 heterocycles. The van der Waals surface area contributed by atoms with E-state index in [1.54, 1.807) is 6.92 Å². The minimum absolute atomic E-state index is 0.199. The molecule has 0 aromatic carbocycles. The molecule has 56 valence electrons. The highest BCUT2D eigenvalue weighted by Gasteiger charge is 2.07. The SMILES string of the molecule is CC(C)N[C@H](C)[C@@H](C)O. The van der Waals surface area contributed by atoms with Gasteiger partial charge in [-0.2, -0.15) is 0 Å². The molecule has 0 radical (unpaired) electrons. The number of aliphatic hydroxyl groups is 1. The summed E-state index contributed by atoms with van der Waals surface area (Å²) in [5.74, 6) is 0. The Hall–Kier alpha value is -0.0800. The topological polar surface area (TPSA) is 32.3 Å². The van der Waals surface area contributed by atoms with Crippen LogP contribution in [0.5, 0.6) is 0 Å². The van der Waals surface area contributed by atoms with E-state index in [1.807, 2.05) is 6.92 Å². The third kappa shape index (κ3) is 4.43. The molecule has 0 fully saturated rings. The second kappa shape index (κ2) is 3.85. The van der Waals surface area contributed by atoms with Gasteiger partial charge in [-0.1, -0.05) is 13.8 Å². The molecule has 0 bridgehead atoms. The number of aliphatic hydroxyl groups excluding tert-OH is 1. The Morgan fingerprint density at radius 3 is 1.67 bits per heavy atom. The van der Waals surface area contributed by atoms with Gasteiger partial charge < -0.3 is 10.4 Å². The zero-order valence-corrected chi connectivity index (χ0v) is 6.68. The Labute approximate surface area is 57.3 Å². The molecule has 0 aliphatic carbocycles. The molecule has 0 aliphatic heterocycles. The summed E-state index contributed by atoms with van der Waals surface area (Å²) in [7, 11) is 0. The van der Waals surface area contributed by atoms with E-state index in [0.29, 0.717) is 6.04 Å². The maximum Gasteiger partial charge on any atom is 0.0662 e. The van der Waals surface area contributed by atoms with Gasteiger partial charge in [-0.3, -0.25) is 0 Å². The highest BCUT2D eigenvalue weighted by Crippen LogP contribution is 1.91. The smallest absolute Gasteiger partial charge is 0.0662 e. The van der Waals surface area contributed by atoms with Crippen molar-refractivity contribution in [2.24, 2.45) is 0 Å². The molecule has 0 unspecified atom stereocenters. The second-order valence-electron chi connectivity index (χ2n) is 2.85. The molecule has 0 aromatic heterocycles. The minimum atomic E-state index is -0.257. The predicted molar refractivity (Wildman–Crippen MR) is 39.4 cm³/mol. The number of nitrogens with one attached hydrogen (secondary N) is 1. The van der Waals surface area contributed by atoms with E-state index in [-0.39, 0.29) is 12.1 Å². The molecule has 0 rings (SSSR count). The Morgan fingerprint density at radius 1 is 1.11 bits per heavy atom. The van der Waals surface area contributed by atoms with Crippen molar-refractivity contribution in [3.05, 3.63) is 0 Å². The van der Waals surface area contributed by atoms with E-state index in [4.69, 9.17) is 5.11 Å². The molecular weight excluding hydrogens is 114 g/mol. The van der Waals surface area contributed by atoms with E-state index in [1.165, 1.54) is 0 Å². The summed E-state index contributed by atoms with van der Waals surface area (Å²) in [5.41, 5.74) is 0. The average molecular weight is 131 g/mol. The molecule has 0 saturated heterocycles. The second-order valence-corrected chi connectivity index (χ2v) is 2.85. The van der Waals surface area contributed by atoms with Crippen molar-refractivity contribution in [2.45, 2.75) is 45.9 Å². The fourth-order valence-corrected chi connectivity index (χ4v) is 0.665. The van der Waals surface area contributed by atoms with Gasteiger partial charge in [0.05, 0.1) is 6.10 Å². The minimum Gasteiger partial charge on any atom is -0.392 e. The standard InChI is InChI=1S/C7H17NO/c1-5(2)8-6(3)7(4)9/h5-9H,1-4H3/t6-,7-/m1/s1. The van der Waals surface area contributed by atoms with Crippen LogP contribution in [0.25, 0.3) is 0 Å². The van der Waals surface area contributed by atoms with Gasteiger partial charge in [0.2, 0.25) is 0 Å². The van der Waals surface area contributed by atoms with Crippen LogP contribution in [0.15, 0.2) is 0 Å². The van der Waals surface area contributed by atoms with Gasteiger partial charge >= 0.3 is 0 Å². The van der Waals surface area contributed by atoms with Crippen molar-refractivity contribution in [2.75, 3.05) is 0 Å². The van der Waals surface area contributed by atoms with Crippen molar-refractivity contribution in [3.8, 4) is 0 Å². The van der Waals surface area contributed by atoms with Gasteiger partial charge in [0, 0.05) is 12.1 Å². The molecule has 2 nitrogen and oxygen atoms in total. The molecule has 9 heavy (non-hydrogen) atoms. The molecule has 2 atom stereocenters. The monoisotopic (exact) mass is 131 g/mol. The lowest BCUT2D eigenvalue weighted by Gasteiger charge is -2.18. The molecule has 2 N–H and O–H groups in total. The molecule has 2 heteroatoms. The van der Waals surface area contributed by atoms with Crippen LogP contribution in [-0.4, -0.2) is 23.3 Å². The summed E-state index contributed by atoms with van der Waals surface area (Å²) in [5, 5.41) is 12.2. The van der Waals surface area contributed by atoms with Crippen LogP contribution >= 0.6 is 0 Å². The van der Waals surface area contributed by atoms with Crippen molar-refractivity contribution >= 4 is 0 Å². The van der Waals surface area contributed by atoms with Crippen LogP contribution in [0, 0.1) is 0 Å². The molecule has 0 aromatic rings. The van der Waals surface area contributed by atoms with E-state index in [0.717, 1.165) is 0 Å². The van der Waals surface area contributed by atoms with Crippen molar-refractivity contribution < 1.29 is 5.11 Å². The first-order valence-electron chi connectivity index (χ1n) is 3.48. The highest BCUT2D eigenvalue weighted by atomic mass is 16.3. The zero-order valence-electron chi connectivity index (χ0n) is 6.68. The Bertz CT molecular complexity index is 71.3. The van der Waals surface area contributed by atoms with Crippen LogP contribution in [0.2, 0.25) is 0 Å². The van der Waals surface area contributed by atoms with Crippen molar-refractivity contribution in [1.29, 1.82) is 0 Å². The fourth-order valence-electron chi connectivity index (χ4n) is 0.665. The lowest BCUT2D eigenvalue weighted by Crippen LogP contribution is -2.39. The van der Waals surface area contributed by atoms with Crippen molar-refractivity contribution in [1.82, 2.24) is 5.32 Å². The van der Waals surface area contributed by atoms with Crippen LogP contribution in [0.3, 0.4) is 0 Å². The van der Waals surface area contributed by atoms with Gasteiger partial charge in [-0.25, -0.2) is 0 Å². The highest BCUT2D eigenvalue weighted by molar-refractivity contribution is 4.68. The fraction of sp³-hybridized carbons (Fsp3) is 1.00. The summed E-state index contributed by atoms with van der Waals surface area (Å²) in [6.45, 7) is 7.91. The van der Waals surface area contributed by atoms with E-state index >= 15 is 0 Å². The molecule has 0 aliphatic rings. The van der Waals surface area contributed by atoms with Crippen LogP contribution in [0.1, 0.15) is 27.7 Å². The Morgan fingerprint density at radius 2 is 1.56 bits per heavy atom. The normalized spacial score (nSPS) is 18.0. The first-order chi connectivity index (χ1) is 4.04. The third-order valence-electron chi connectivity index (χ3n) is 1.32. The number of hydrogen-bond acceptors (Lipinski definition) is 2. The Kier molecular flexibility index (Phi) is 3.82. The van der Waals surface area contributed by atoms with Crippen LogP contribution in [-0.2, 0) is 0 Å². The van der Waals surface area contributed by atoms with Gasteiger partial charge in [-0.05, 0) is 13.8 Å². The van der Waals surface area contributed by atoms with Gasteiger partial charge in [0.15, 0.2) is 0 Å². The average Bonchev–Trinajstić information content (AvgIpc) is 1.63. The zero-order chi connectivity index (χ0) is 7.44. The first kappa shape index (κ1) is 8.92. The molecule has 0 saturated carbocycles. The first-order valence-corrected chi connectivity index (χ1v) is 3.48. The van der Waals surface area contributed by atoms with Crippen LogP contribution in [0.4, 0.5) is 0 Å². The Balaban J connectivity index is 3.38. The third-order valence-corrected chi connectivity index (χ3v) is 1.32. The summed E-state index contributed by atoms with van der Waals surface area (Å²) in [6, 6.07) is 0.652. The van der Waals surface area contributed by atoms with E-state index < -0.39 is 0 Å². The molecular formula is C7H17NO.